The fraction of sp³-hybridized carbons (Fsp3) is 0.900. The fourth-order valence-corrected chi connectivity index (χ4v) is 1.05. The van der Waals surface area contributed by atoms with Gasteiger partial charge >= 0.3 is 6.09 Å². The molecule has 0 radical (unpaired) electrons. The maximum absolute atomic E-state index is 11.3. The Labute approximate surface area is 86.2 Å². The van der Waals surface area contributed by atoms with E-state index in [4.69, 9.17) is 10.5 Å². The lowest BCUT2D eigenvalue weighted by Crippen LogP contribution is -2.39. The summed E-state index contributed by atoms with van der Waals surface area (Å²) in [6.45, 7) is 8.12. The Balaban J connectivity index is 3.91. The van der Waals surface area contributed by atoms with Gasteiger partial charge in [0.1, 0.15) is 5.60 Å². The average Bonchev–Trinajstić information content (AvgIpc) is 2.00. The number of nitrogens with two attached hydrogens (primary N) is 1. The molecule has 0 fully saturated rings. The van der Waals surface area contributed by atoms with Crippen molar-refractivity contribution in [2.75, 3.05) is 6.54 Å². The minimum atomic E-state index is -0.439. The van der Waals surface area contributed by atoms with Crippen molar-refractivity contribution in [3.05, 3.63) is 0 Å². The van der Waals surface area contributed by atoms with Crippen molar-refractivity contribution in [1.29, 1.82) is 0 Å². The molecule has 0 aliphatic rings. The number of carbonyl (C=O) groups is 1. The zero-order valence-electron chi connectivity index (χ0n) is 9.59. The lowest BCUT2D eigenvalue weighted by Gasteiger charge is -2.22. The Morgan fingerprint density at radius 3 is 2.43 bits per heavy atom. The van der Waals surface area contributed by atoms with Gasteiger partial charge < -0.3 is 15.8 Å². The topological polar surface area (TPSA) is 64.3 Å². The van der Waals surface area contributed by atoms with E-state index in [-0.39, 0.29) is 12.1 Å². The first-order valence-electron chi connectivity index (χ1n) is 5.08. The number of hydrogen-bond acceptors (Lipinski definition) is 3. The van der Waals surface area contributed by atoms with E-state index in [1.54, 1.807) is 0 Å². The lowest BCUT2D eigenvalue weighted by atomic mass is 10.1. The Morgan fingerprint density at radius 2 is 2.07 bits per heavy atom. The van der Waals surface area contributed by atoms with Crippen molar-refractivity contribution < 1.29 is 9.53 Å². The average molecular weight is 202 g/mol. The molecular weight excluding hydrogens is 180 g/mol. The molecule has 0 saturated heterocycles. The minimum absolute atomic E-state index is 0.120. The van der Waals surface area contributed by atoms with Crippen LogP contribution >= 0.6 is 0 Å². The van der Waals surface area contributed by atoms with Crippen LogP contribution in [0.25, 0.3) is 0 Å². The van der Waals surface area contributed by atoms with E-state index in [9.17, 15) is 4.79 Å². The van der Waals surface area contributed by atoms with Gasteiger partial charge in [-0.25, -0.2) is 4.79 Å². The molecule has 0 heterocycles. The van der Waals surface area contributed by atoms with Crippen LogP contribution in [-0.4, -0.2) is 24.3 Å². The SMILES string of the molecule is CC[C@@H](CCN)NC(=O)OC(C)(C)C. The van der Waals surface area contributed by atoms with Gasteiger partial charge in [-0.2, -0.15) is 0 Å². The normalized spacial score (nSPS) is 13.5. The second-order valence-corrected chi connectivity index (χ2v) is 4.33. The van der Waals surface area contributed by atoms with Crippen LogP contribution in [0.15, 0.2) is 0 Å². The highest BCUT2D eigenvalue weighted by atomic mass is 16.6. The quantitative estimate of drug-likeness (QED) is 0.728. The Morgan fingerprint density at radius 1 is 1.50 bits per heavy atom. The van der Waals surface area contributed by atoms with Gasteiger partial charge in [-0.1, -0.05) is 6.92 Å². The Bertz CT molecular complexity index is 175. The molecule has 0 aliphatic carbocycles. The van der Waals surface area contributed by atoms with Crippen molar-refractivity contribution >= 4 is 6.09 Å². The number of hydrogen-bond donors (Lipinski definition) is 2. The molecule has 4 heteroatoms. The molecule has 14 heavy (non-hydrogen) atoms. The largest absolute Gasteiger partial charge is 0.444 e. The van der Waals surface area contributed by atoms with Gasteiger partial charge in [0, 0.05) is 6.04 Å². The summed E-state index contributed by atoms with van der Waals surface area (Å²) in [6, 6.07) is 0.120. The molecule has 0 saturated carbocycles. The molecule has 0 spiro atoms. The van der Waals surface area contributed by atoms with E-state index < -0.39 is 5.60 Å². The zero-order valence-corrected chi connectivity index (χ0v) is 9.59. The second kappa shape index (κ2) is 5.86. The maximum atomic E-state index is 11.3. The van der Waals surface area contributed by atoms with Crippen molar-refractivity contribution in [3.8, 4) is 0 Å². The van der Waals surface area contributed by atoms with Gasteiger partial charge in [0.05, 0.1) is 0 Å². The first-order chi connectivity index (χ1) is 6.39. The molecule has 3 N–H and O–H groups in total. The number of rotatable bonds is 4. The molecule has 0 aromatic heterocycles. The van der Waals surface area contributed by atoms with E-state index in [0.29, 0.717) is 6.54 Å². The zero-order chi connectivity index (χ0) is 11.2. The van der Waals surface area contributed by atoms with Crippen molar-refractivity contribution in [2.24, 2.45) is 5.73 Å². The summed E-state index contributed by atoms with van der Waals surface area (Å²) in [5.74, 6) is 0. The third-order valence-corrected chi connectivity index (χ3v) is 1.73. The smallest absolute Gasteiger partial charge is 0.407 e. The molecule has 0 bridgehead atoms. The van der Waals surface area contributed by atoms with Crippen LogP contribution in [0, 0.1) is 0 Å². The third-order valence-electron chi connectivity index (χ3n) is 1.73. The van der Waals surface area contributed by atoms with Crippen LogP contribution in [0.2, 0.25) is 0 Å². The monoisotopic (exact) mass is 202 g/mol. The van der Waals surface area contributed by atoms with Gasteiger partial charge in [-0.05, 0) is 40.2 Å². The van der Waals surface area contributed by atoms with E-state index in [1.807, 2.05) is 27.7 Å². The summed E-state index contributed by atoms with van der Waals surface area (Å²) < 4.78 is 5.13. The number of amides is 1. The predicted molar refractivity (Wildman–Crippen MR) is 57.1 cm³/mol. The molecule has 0 aliphatic heterocycles. The summed E-state index contributed by atoms with van der Waals surface area (Å²) in [7, 11) is 0. The van der Waals surface area contributed by atoms with Crippen molar-refractivity contribution in [1.82, 2.24) is 5.32 Å². The van der Waals surface area contributed by atoms with Crippen LogP contribution in [0.3, 0.4) is 0 Å². The van der Waals surface area contributed by atoms with E-state index in [0.717, 1.165) is 12.8 Å². The molecule has 0 rings (SSSR count). The summed E-state index contributed by atoms with van der Waals surface area (Å²) >= 11 is 0. The molecular formula is C10H22N2O2. The molecule has 4 nitrogen and oxygen atoms in total. The highest BCUT2D eigenvalue weighted by molar-refractivity contribution is 5.68. The molecule has 84 valence electrons. The number of alkyl carbamates (subject to hydrolysis) is 1. The van der Waals surface area contributed by atoms with Crippen molar-refractivity contribution in [2.45, 2.75) is 52.2 Å². The molecule has 0 aromatic carbocycles. The predicted octanol–water partition coefficient (Wildman–Crippen LogP) is 1.64. The Hall–Kier alpha value is -0.770. The standard InChI is InChI=1S/C10H22N2O2/c1-5-8(6-7-11)12-9(13)14-10(2,3)4/h8H,5-7,11H2,1-4H3,(H,12,13)/t8-/m0/s1. The van der Waals surface area contributed by atoms with Gasteiger partial charge in [0.2, 0.25) is 0 Å². The lowest BCUT2D eigenvalue weighted by molar-refractivity contribution is 0.0501. The van der Waals surface area contributed by atoms with Crippen LogP contribution in [0.5, 0.6) is 0 Å². The molecule has 0 unspecified atom stereocenters. The van der Waals surface area contributed by atoms with Gasteiger partial charge in [-0.3, -0.25) is 0 Å². The van der Waals surface area contributed by atoms with Crippen LogP contribution < -0.4 is 11.1 Å². The highest BCUT2D eigenvalue weighted by Crippen LogP contribution is 2.07. The second-order valence-electron chi connectivity index (χ2n) is 4.33. The van der Waals surface area contributed by atoms with E-state index in [1.165, 1.54) is 0 Å². The number of carbonyl (C=O) groups excluding carboxylic acids is 1. The molecule has 1 amide bonds. The van der Waals surface area contributed by atoms with E-state index in [2.05, 4.69) is 5.32 Å². The van der Waals surface area contributed by atoms with Gasteiger partial charge in [0.25, 0.3) is 0 Å². The van der Waals surface area contributed by atoms with Gasteiger partial charge in [-0.15, -0.1) is 0 Å². The fourth-order valence-electron chi connectivity index (χ4n) is 1.05. The van der Waals surface area contributed by atoms with Crippen LogP contribution in [0.4, 0.5) is 4.79 Å². The summed E-state index contributed by atoms with van der Waals surface area (Å²) in [4.78, 5) is 11.3. The summed E-state index contributed by atoms with van der Waals surface area (Å²) in [5.41, 5.74) is 4.98. The Kier molecular flexibility index (Phi) is 5.53. The number of ether oxygens (including phenoxy) is 1. The van der Waals surface area contributed by atoms with Crippen molar-refractivity contribution in [3.63, 3.8) is 0 Å². The van der Waals surface area contributed by atoms with Crippen LogP contribution in [-0.2, 0) is 4.74 Å². The highest BCUT2D eigenvalue weighted by Gasteiger charge is 2.18. The third kappa shape index (κ3) is 6.71. The first kappa shape index (κ1) is 13.2. The molecule has 1 atom stereocenters. The minimum Gasteiger partial charge on any atom is -0.444 e. The maximum Gasteiger partial charge on any atom is 0.407 e. The summed E-state index contributed by atoms with van der Waals surface area (Å²) in [6.07, 6.45) is 1.30. The summed E-state index contributed by atoms with van der Waals surface area (Å²) in [5, 5.41) is 2.78. The number of nitrogens with one attached hydrogen (secondary N) is 1. The molecule has 0 aromatic rings. The van der Waals surface area contributed by atoms with Crippen LogP contribution in [0.1, 0.15) is 40.5 Å². The van der Waals surface area contributed by atoms with E-state index >= 15 is 0 Å². The first-order valence-corrected chi connectivity index (χ1v) is 5.08. The van der Waals surface area contributed by atoms with Gasteiger partial charge in [0.15, 0.2) is 0 Å².